The minimum atomic E-state index is -0.881. The van der Waals surface area contributed by atoms with Crippen LogP contribution in [0.25, 0.3) is 0 Å². The molecule has 0 spiro atoms. The van der Waals surface area contributed by atoms with Gasteiger partial charge in [0.15, 0.2) is 0 Å². The Morgan fingerprint density at radius 3 is 2.37 bits per heavy atom. The van der Waals surface area contributed by atoms with Gasteiger partial charge >= 0.3 is 0 Å². The summed E-state index contributed by atoms with van der Waals surface area (Å²) in [7, 11) is 1.45. The first kappa shape index (κ1) is 17.0. The van der Waals surface area contributed by atoms with Crippen LogP contribution < -0.4 is 22.1 Å². The van der Waals surface area contributed by atoms with Crippen LogP contribution in [0.15, 0.2) is 0 Å². The minimum Gasteiger partial charge on any atom is -0.368 e. The number of primary amides is 1. The van der Waals surface area contributed by atoms with Gasteiger partial charge in [-0.15, -0.1) is 0 Å². The second-order valence-corrected chi connectivity index (χ2v) is 4.03. The number of rotatable bonds is 9. The predicted molar refractivity (Wildman–Crippen MR) is 67.7 cm³/mol. The predicted octanol–water partition coefficient (Wildman–Crippen LogP) is -2.21. The molecule has 8 heteroatoms. The van der Waals surface area contributed by atoms with Crippen LogP contribution in [0.5, 0.6) is 0 Å². The second-order valence-electron chi connectivity index (χ2n) is 4.03. The van der Waals surface area contributed by atoms with Gasteiger partial charge in [0, 0.05) is 19.9 Å². The number of nitrogens with one attached hydrogen (secondary N) is 2. The van der Waals surface area contributed by atoms with Crippen molar-refractivity contribution in [2.75, 3.05) is 7.05 Å². The first-order valence-corrected chi connectivity index (χ1v) is 5.91. The van der Waals surface area contributed by atoms with Crippen LogP contribution in [0.4, 0.5) is 0 Å². The van der Waals surface area contributed by atoms with E-state index in [-0.39, 0.29) is 31.6 Å². The van der Waals surface area contributed by atoms with E-state index in [0.717, 1.165) is 0 Å². The third kappa shape index (κ3) is 7.14. The third-order valence-corrected chi connectivity index (χ3v) is 2.52. The summed E-state index contributed by atoms with van der Waals surface area (Å²) in [6.07, 6.45) is 1.09. The minimum absolute atomic E-state index is 0.000540. The Hall–Kier alpha value is -1.96. The fourth-order valence-corrected chi connectivity index (χ4v) is 1.39. The van der Waals surface area contributed by atoms with Gasteiger partial charge in [-0.05, 0) is 12.8 Å². The average Bonchev–Trinajstić information content (AvgIpc) is 2.39. The zero-order valence-corrected chi connectivity index (χ0v) is 10.8. The summed E-state index contributed by atoms with van der Waals surface area (Å²) in [6.45, 7) is 0. The molecule has 0 aromatic heterocycles. The molecule has 0 aliphatic rings. The second kappa shape index (κ2) is 9.03. The summed E-state index contributed by atoms with van der Waals surface area (Å²) in [6, 6.07) is -1.66. The lowest BCUT2D eigenvalue weighted by Crippen LogP contribution is -2.45. The van der Waals surface area contributed by atoms with Crippen LogP contribution in [0.2, 0.25) is 0 Å². The van der Waals surface area contributed by atoms with Crippen LogP contribution in [0.1, 0.15) is 25.7 Å². The lowest BCUT2D eigenvalue weighted by atomic mass is 10.1. The van der Waals surface area contributed by atoms with Gasteiger partial charge in [-0.1, -0.05) is 0 Å². The standard InChI is InChI=1S/C11H20N4O4/c1-14-11(19)7(12)4-5-9(17)15-8(10(13)18)3-2-6-16/h6-8H,2-5,12H2,1H3,(H2,13,18)(H,14,19)(H,15,17)/t7-,8-/m0/s1. The van der Waals surface area contributed by atoms with E-state index in [1.807, 2.05) is 0 Å². The van der Waals surface area contributed by atoms with Crippen LogP contribution in [0, 0.1) is 0 Å². The first-order valence-electron chi connectivity index (χ1n) is 5.91. The topological polar surface area (TPSA) is 144 Å². The summed E-state index contributed by atoms with van der Waals surface area (Å²) in [4.78, 5) is 43.9. The van der Waals surface area contributed by atoms with Gasteiger partial charge in [0.25, 0.3) is 0 Å². The fourth-order valence-electron chi connectivity index (χ4n) is 1.39. The molecule has 0 rings (SSSR count). The van der Waals surface area contributed by atoms with E-state index in [9.17, 15) is 19.2 Å². The molecule has 0 heterocycles. The van der Waals surface area contributed by atoms with E-state index < -0.39 is 23.9 Å². The van der Waals surface area contributed by atoms with Crippen LogP contribution >= 0.6 is 0 Å². The molecule has 6 N–H and O–H groups in total. The SMILES string of the molecule is CNC(=O)[C@@H](N)CCC(=O)N[C@@H](CCC=O)C(N)=O. The quantitative estimate of drug-likeness (QED) is 0.352. The summed E-state index contributed by atoms with van der Waals surface area (Å²) < 4.78 is 0. The molecule has 0 aliphatic heterocycles. The van der Waals surface area contributed by atoms with E-state index in [2.05, 4.69) is 10.6 Å². The van der Waals surface area contributed by atoms with Gasteiger partial charge in [0.2, 0.25) is 17.7 Å². The van der Waals surface area contributed by atoms with Crippen LogP contribution in [-0.2, 0) is 19.2 Å². The number of nitrogens with two attached hydrogens (primary N) is 2. The van der Waals surface area contributed by atoms with Gasteiger partial charge in [0.05, 0.1) is 6.04 Å². The summed E-state index contributed by atoms with van der Waals surface area (Å²) in [5.74, 6) is -1.50. The molecule has 0 saturated heterocycles. The normalized spacial score (nSPS) is 13.2. The Bertz CT molecular complexity index is 346. The molecule has 0 fully saturated rings. The maximum atomic E-state index is 11.5. The van der Waals surface area contributed by atoms with Crippen molar-refractivity contribution in [3.63, 3.8) is 0 Å². The summed E-state index contributed by atoms with van der Waals surface area (Å²) in [5.41, 5.74) is 10.6. The number of carbonyl (C=O) groups excluding carboxylic acids is 4. The Morgan fingerprint density at radius 2 is 1.89 bits per heavy atom. The molecule has 108 valence electrons. The van der Waals surface area contributed by atoms with E-state index in [0.29, 0.717) is 6.29 Å². The highest BCUT2D eigenvalue weighted by molar-refractivity contribution is 5.87. The van der Waals surface area contributed by atoms with Gasteiger partial charge in [-0.2, -0.15) is 0 Å². The maximum Gasteiger partial charge on any atom is 0.240 e. The zero-order chi connectivity index (χ0) is 14.8. The smallest absolute Gasteiger partial charge is 0.240 e. The van der Waals surface area contributed by atoms with Gasteiger partial charge in [-0.25, -0.2) is 0 Å². The third-order valence-electron chi connectivity index (χ3n) is 2.52. The Labute approximate surface area is 111 Å². The molecule has 0 aromatic carbocycles. The molecule has 0 bridgehead atoms. The molecule has 19 heavy (non-hydrogen) atoms. The molecule has 2 atom stereocenters. The Balaban J connectivity index is 4.16. The maximum absolute atomic E-state index is 11.5. The average molecular weight is 272 g/mol. The number of aldehydes is 1. The van der Waals surface area contributed by atoms with E-state index in [1.54, 1.807) is 0 Å². The number of carbonyl (C=O) groups is 4. The van der Waals surface area contributed by atoms with Gasteiger partial charge < -0.3 is 26.9 Å². The van der Waals surface area contributed by atoms with E-state index in [4.69, 9.17) is 11.5 Å². The number of likely N-dealkylation sites (N-methyl/N-ethyl adjacent to an activating group) is 1. The monoisotopic (exact) mass is 272 g/mol. The van der Waals surface area contributed by atoms with Crippen molar-refractivity contribution in [2.24, 2.45) is 11.5 Å². The van der Waals surface area contributed by atoms with Crippen molar-refractivity contribution < 1.29 is 19.2 Å². The number of amides is 3. The molecule has 0 aliphatic carbocycles. The molecular formula is C11H20N4O4. The molecule has 0 unspecified atom stereocenters. The van der Waals surface area contributed by atoms with E-state index >= 15 is 0 Å². The highest BCUT2D eigenvalue weighted by Gasteiger charge is 2.19. The molecule has 3 amide bonds. The fraction of sp³-hybridized carbons (Fsp3) is 0.636. The molecule has 0 radical (unpaired) electrons. The highest BCUT2D eigenvalue weighted by atomic mass is 16.2. The largest absolute Gasteiger partial charge is 0.368 e. The Morgan fingerprint density at radius 1 is 1.26 bits per heavy atom. The van der Waals surface area contributed by atoms with Crippen LogP contribution in [-0.4, -0.2) is 43.1 Å². The summed E-state index contributed by atoms with van der Waals surface area (Å²) >= 11 is 0. The lowest BCUT2D eigenvalue weighted by molar-refractivity contribution is -0.128. The van der Waals surface area contributed by atoms with Gasteiger partial charge in [-0.3, -0.25) is 14.4 Å². The molecule has 8 nitrogen and oxygen atoms in total. The van der Waals surface area contributed by atoms with Crippen molar-refractivity contribution in [3.05, 3.63) is 0 Å². The highest BCUT2D eigenvalue weighted by Crippen LogP contribution is 1.99. The van der Waals surface area contributed by atoms with E-state index in [1.165, 1.54) is 7.05 Å². The number of hydrogen-bond acceptors (Lipinski definition) is 5. The first-order chi connectivity index (χ1) is 8.92. The molecule has 0 saturated carbocycles. The zero-order valence-electron chi connectivity index (χ0n) is 10.8. The summed E-state index contributed by atoms with van der Waals surface area (Å²) in [5, 5.41) is 4.77. The van der Waals surface area contributed by atoms with Crippen molar-refractivity contribution >= 4 is 24.0 Å². The molecule has 0 aromatic rings. The van der Waals surface area contributed by atoms with Crippen LogP contribution in [0.3, 0.4) is 0 Å². The van der Waals surface area contributed by atoms with Crippen molar-refractivity contribution in [3.8, 4) is 0 Å². The molecular weight excluding hydrogens is 252 g/mol. The van der Waals surface area contributed by atoms with Crippen molar-refractivity contribution in [2.45, 2.75) is 37.8 Å². The van der Waals surface area contributed by atoms with Crippen molar-refractivity contribution in [1.29, 1.82) is 0 Å². The van der Waals surface area contributed by atoms with Gasteiger partial charge in [0.1, 0.15) is 12.3 Å². The number of hydrogen-bond donors (Lipinski definition) is 4. The van der Waals surface area contributed by atoms with Crippen molar-refractivity contribution in [1.82, 2.24) is 10.6 Å². The lowest BCUT2D eigenvalue weighted by Gasteiger charge is -2.15. The Kier molecular flexibility index (Phi) is 8.10.